The van der Waals surface area contributed by atoms with Crippen molar-refractivity contribution in [1.29, 1.82) is 0 Å². The quantitative estimate of drug-likeness (QED) is 0.759. The molecule has 0 radical (unpaired) electrons. The molecule has 1 aromatic rings. The van der Waals surface area contributed by atoms with Gasteiger partial charge in [0.25, 0.3) is 0 Å². The van der Waals surface area contributed by atoms with E-state index in [2.05, 4.69) is 24.8 Å². The lowest BCUT2D eigenvalue weighted by Gasteiger charge is -2.14. The van der Waals surface area contributed by atoms with E-state index in [9.17, 15) is 0 Å². The van der Waals surface area contributed by atoms with Crippen LogP contribution in [0.1, 0.15) is 19.4 Å². The van der Waals surface area contributed by atoms with Gasteiger partial charge in [-0.05, 0) is 24.8 Å². The maximum absolute atomic E-state index is 5.68. The Kier molecular flexibility index (Phi) is 6.22. The third kappa shape index (κ3) is 3.82. The molecule has 0 fully saturated rings. The van der Waals surface area contributed by atoms with Crippen LogP contribution in [-0.4, -0.2) is 26.0 Å². The Morgan fingerprint density at radius 2 is 2.00 bits per heavy atom. The lowest BCUT2D eigenvalue weighted by molar-refractivity contribution is -0.366. The third-order valence-electron chi connectivity index (χ3n) is 2.39. The van der Waals surface area contributed by atoms with Gasteiger partial charge < -0.3 is 15.2 Å². The molecule has 0 saturated carbocycles. The molecule has 0 aliphatic rings. The van der Waals surface area contributed by atoms with Gasteiger partial charge in [-0.25, -0.2) is 0 Å². The van der Waals surface area contributed by atoms with Crippen molar-refractivity contribution in [3.63, 3.8) is 0 Å². The summed E-state index contributed by atoms with van der Waals surface area (Å²) < 4.78 is 11.1. The summed E-state index contributed by atoms with van der Waals surface area (Å²) in [6, 6.07) is 4.16. The predicted octanol–water partition coefficient (Wildman–Crippen LogP) is 1.99. The predicted molar refractivity (Wildman–Crippen MR) is 72.0 cm³/mol. The standard InChI is InChI=1S/C13H21NO2S/c1-4-16-11-9-13(17-5-2)12(15-3)8-10(11)6-7-14/h8-9H,4-7,14H2,1-3H3/p+1. The van der Waals surface area contributed by atoms with E-state index < -0.39 is 0 Å². The maximum atomic E-state index is 5.68. The van der Waals surface area contributed by atoms with Crippen LogP contribution in [0.15, 0.2) is 17.0 Å². The molecule has 3 nitrogen and oxygen atoms in total. The van der Waals surface area contributed by atoms with Crippen LogP contribution in [0.5, 0.6) is 11.5 Å². The zero-order chi connectivity index (χ0) is 12.7. The Morgan fingerprint density at radius 1 is 1.24 bits per heavy atom. The van der Waals surface area contributed by atoms with Gasteiger partial charge in [0.1, 0.15) is 11.5 Å². The molecule has 96 valence electrons. The van der Waals surface area contributed by atoms with Crippen molar-refractivity contribution in [2.24, 2.45) is 0 Å². The molecule has 0 aromatic heterocycles. The van der Waals surface area contributed by atoms with E-state index >= 15 is 0 Å². The normalized spacial score (nSPS) is 10.4. The minimum Gasteiger partial charge on any atom is -0.496 e. The molecule has 0 saturated heterocycles. The van der Waals surface area contributed by atoms with Crippen molar-refractivity contribution in [3.8, 4) is 11.5 Å². The van der Waals surface area contributed by atoms with E-state index in [1.54, 1.807) is 18.9 Å². The van der Waals surface area contributed by atoms with Crippen LogP contribution >= 0.6 is 11.8 Å². The van der Waals surface area contributed by atoms with Crippen LogP contribution in [0.3, 0.4) is 0 Å². The van der Waals surface area contributed by atoms with Crippen LogP contribution in [0.25, 0.3) is 0 Å². The lowest BCUT2D eigenvalue weighted by Crippen LogP contribution is -2.51. The molecule has 4 heteroatoms. The third-order valence-corrected chi connectivity index (χ3v) is 3.31. The summed E-state index contributed by atoms with van der Waals surface area (Å²) >= 11 is 1.77. The second kappa shape index (κ2) is 7.45. The Balaban J connectivity index is 3.11. The number of benzene rings is 1. The van der Waals surface area contributed by atoms with E-state index in [4.69, 9.17) is 9.47 Å². The number of hydrogen-bond donors (Lipinski definition) is 1. The molecule has 1 rings (SSSR count). The molecule has 0 bridgehead atoms. The highest BCUT2D eigenvalue weighted by atomic mass is 32.2. The second-order valence-electron chi connectivity index (χ2n) is 3.58. The number of quaternary nitrogens is 1. The highest BCUT2D eigenvalue weighted by Crippen LogP contribution is 2.35. The molecular weight excluding hydrogens is 234 g/mol. The van der Waals surface area contributed by atoms with Crippen LogP contribution < -0.4 is 15.2 Å². The Bertz CT molecular complexity index is 356. The van der Waals surface area contributed by atoms with Crippen LogP contribution in [-0.2, 0) is 6.42 Å². The summed E-state index contributed by atoms with van der Waals surface area (Å²) in [5.74, 6) is 2.92. The molecule has 3 N–H and O–H groups in total. The van der Waals surface area contributed by atoms with Crippen molar-refractivity contribution in [2.45, 2.75) is 25.2 Å². The Hall–Kier alpha value is -0.870. The Labute approximate surface area is 108 Å². The van der Waals surface area contributed by atoms with E-state index in [-0.39, 0.29) is 0 Å². The fraction of sp³-hybridized carbons (Fsp3) is 0.538. The first-order valence-corrected chi connectivity index (χ1v) is 7.01. The van der Waals surface area contributed by atoms with Gasteiger partial charge in [-0.1, -0.05) is 6.92 Å². The second-order valence-corrected chi connectivity index (χ2v) is 4.89. The molecule has 0 aliphatic heterocycles. The summed E-state index contributed by atoms with van der Waals surface area (Å²) in [5, 5.41) is 0. The smallest absolute Gasteiger partial charge is 0.132 e. The van der Waals surface area contributed by atoms with E-state index in [1.165, 1.54) is 5.56 Å². The monoisotopic (exact) mass is 256 g/mol. The minimum atomic E-state index is 0.687. The van der Waals surface area contributed by atoms with Crippen molar-refractivity contribution < 1.29 is 15.2 Å². The summed E-state index contributed by atoms with van der Waals surface area (Å²) in [6.45, 7) is 5.69. The van der Waals surface area contributed by atoms with Gasteiger partial charge in [-0.3, -0.25) is 0 Å². The molecule has 0 aliphatic carbocycles. The number of rotatable bonds is 7. The van der Waals surface area contributed by atoms with Crippen molar-refractivity contribution in [1.82, 2.24) is 0 Å². The average Bonchev–Trinajstić information content (AvgIpc) is 2.33. The number of ether oxygens (including phenoxy) is 2. The molecule has 1 aromatic carbocycles. The van der Waals surface area contributed by atoms with E-state index in [0.717, 1.165) is 35.1 Å². The van der Waals surface area contributed by atoms with Gasteiger partial charge >= 0.3 is 0 Å². The highest BCUT2D eigenvalue weighted by molar-refractivity contribution is 7.99. The molecule has 0 amide bonds. The summed E-state index contributed by atoms with van der Waals surface area (Å²) in [7, 11) is 1.71. The van der Waals surface area contributed by atoms with Gasteiger partial charge in [0, 0.05) is 12.0 Å². The largest absolute Gasteiger partial charge is 0.496 e. The van der Waals surface area contributed by atoms with Crippen LogP contribution in [0.2, 0.25) is 0 Å². The summed E-state index contributed by atoms with van der Waals surface area (Å²) in [6.07, 6.45) is 0.919. The topological polar surface area (TPSA) is 46.1 Å². The van der Waals surface area contributed by atoms with Crippen molar-refractivity contribution in [2.75, 3.05) is 26.0 Å². The number of thioether (sulfide) groups is 1. The van der Waals surface area contributed by atoms with Crippen LogP contribution in [0.4, 0.5) is 0 Å². The fourth-order valence-corrected chi connectivity index (χ4v) is 2.47. The summed E-state index contributed by atoms with van der Waals surface area (Å²) in [4.78, 5) is 1.14. The molecule has 17 heavy (non-hydrogen) atoms. The number of methoxy groups -OCH3 is 1. The van der Waals surface area contributed by atoms with Gasteiger partial charge in [0.15, 0.2) is 0 Å². The molecule has 0 unspecified atom stereocenters. The SMILES string of the molecule is CCOc1cc(SCC)c(OC)cc1CC[NH3+]. The lowest BCUT2D eigenvalue weighted by atomic mass is 10.1. The first-order valence-electron chi connectivity index (χ1n) is 6.02. The highest BCUT2D eigenvalue weighted by Gasteiger charge is 2.11. The maximum Gasteiger partial charge on any atom is 0.132 e. The number of hydrogen-bond acceptors (Lipinski definition) is 3. The zero-order valence-corrected chi connectivity index (χ0v) is 11.7. The zero-order valence-electron chi connectivity index (χ0n) is 10.9. The van der Waals surface area contributed by atoms with Crippen molar-refractivity contribution in [3.05, 3.63) is 17.7 Å². The fourth-order valence-electron chi connectivity index (χ4n) is 1.69. The van der Waals surface area contributed by atoms with Gasteiger partial charge in [-0.2, -0.15) is 0 Å². The first-order chi connectivity index (χ1) is 8.26. The van der Waals surface area contributed by atoms with Crippen molar-refractivity contribution >= 4 is 11.8 Å². The van der Waals surface area contributed by atoms with Gasteiger partial charge in [-0.15, -0.1) is 11.8 Å². The minimum absolute atomic E-state index is 0.687. The summed E-state index contributed by atoms with van der Waals surface area (Å²) in [5.41, 5.74) is 5.07. The van der Waals surface area contributed by atoms with Crippen LogP contribution in [0, 0.1) is 0 Å². The van der Waals surface area contributed by atoms with Gasteiger partial charge in [0.05, 0.1) is 25.2 Å². The molecule has 0 spiro atoms. The molecule has 0 heterocycles. The first kappa shape index (κ1) is 14.2. The van der Waals surface area contributed by atoms with Gasteiger partial charge in [0.2, 0.25) is 0 Å². The Morgan fingerprint density at radius 3 is 2.53 bits per heavy atom. The van der Waals surface area contributed by atoms with E-state index in [0.29, 0.717) is 6.61 Å². The average molecular weight is 256 g/mol. The molecule has 0 atom stereocenters. The van der Waals surface area contributed by atoms with E-state index in [1.807, 2.05) is 6.92 Å². The molecular formula is C13H22NO2S+.